The van der Waals surface area contributed by atoms with Crippen molar-refractivity contribution in [1.29, 1.82) is 5.26 Å². The van der Waals surface area contributed by atoms with Crippen LogP contribution >= 0.6 is 23.4 Å². The van der Waals surface area contributed by atoms with Gasteiger partial charge in [-0.3, -0.25) is 9.78 Å². The van der Waals surface area contributed by atoms with Crippen molar-refractivity contribution in [3.05, 3.63) is 77.2 Å². The molecule has 0 atom stereocenters. The quantitative estimate of drug-likeness (QED) is 0.251. The van der Waals surface area contributed by atoms with Crippen molar-refractivity contribution in [3.8, 4) is 6.07 Å². The van der Waals surface area contributed by atoms with E-state index in [-0.39, 0.29) is 18.1 Å². The first-order valence-corrected chi connectivity index (χ1v) is 11.4. The molecule has 0 spiro atoms. The summed E-state index contributed by atoms with van der Waals surface area (Å²) in [5.74, 6) is 0.728. The van der Waals surface area contributed by atoms with Gasteiger partial charge in [0.05, 0.1) is 18.2 Å². The Morgan fingerprint density at radius 2 is 1.91 bits per heavy atom. The molecule has 0 fully saturated rings. The lowest BCUT2D eigenvalue weighted by Gasteiger charge is -2.21. The van der Waals surface area contributed by atoms with E-state index in [1.807, 2.05) is 54.4 Å². The fourth-order valence-electron chi connectivity index (χ4n) is 2.99. The molecule has 1 aromatic carbocycles. The number of benzene rings is 1. The molecule has 0 saturated carbocycles. The van der Waals surface area contributed by atoms with Crippen LogP contribution in [0.25, 0.3) is 0 Å². The Labute approximate surface area is 197 Å². The minimum absolute atomic E-state index is 0.100. The summed E-state index contributed by atoms with van der Waals surface area (Å²) in [6, 6.07) is 17.6. The molecular weight excluding hydrogens is 444 g/mol. The van der Waals surface area contributed by atoms with Gasteiger partial charge in [-0.05, 0) is 17.2 Å². The maximum atomic E-state index is 12.8. The van der Waals surface area contributed by atoms with Gasteiger partial charge in [0.2, 0.25) is 5.91 Å². The van der Waals surface area contributed by atoms with E-state index in [0.29, 0.717) is 35.8 Å². The lowest BCUT2D eigenvalue weighted by Crippen LogP contribution is -2.33. The molecule has 2 heterocycles. The highest BCUT2D eigenvalue weighted by atomic mass is 35.5. The Morgan fingerprint density at radius 1 is 1.12 bits per heavy atom. The number of nitrogens with zero attached hydrogens (tertiary/aromatic N) is 6. The predicted molar refractivity (Wildman–Crippen MR) is 126 cm³/mol. The molecule has 0 saturated heterocycles. The van der Waals surface area contributed by atoms with Gasteiger partial charge in [0.25, 0.3) is 0 Å². The van der Waals surface area contributed by atoms with Crippen LogP contribution in [0.5, 0.6) is 0 Å². The number of aromatic nitrogens is 3. The van der Waals surface area contributed by atoms with Gasteiger partial charge in [0, 0.05) is 45.1 Å². The van der Waals surface area contributed by atoms with E-state index in [1.165, 1.54) is 11.8 Å². The first kappa shape index (κ1) is 23.5. The summed E-state index contributed by atoms with van der Waals surface area (Å²) in [7, 11) is 1.93. The second kappa shape index (κ2) is 12.0. The van der Waals surface area contributed by atoms with Crippen molar-refractivity contribution in [1.82, 2.24) is 19.9 Å². The van der Waals surface area contributed by atoms with E-state index in [0.717, 1.165) is 11.1 Å². The standard InChI is InChI=1S/C23H23ClN6OS/c1-29(15-18-7-3-2-4-8-18)21-13-20(24)27-23(28-21)32-17-22(31)30(12-6-10-25)16-19-9-5-11-26-14-19/h2-5,7-9,11,13-14H,6,12,15-17H2,1H3. The van der Waals surface area contributed by atoms with Gasteiger partial charge in [0.1, 0.15) is 11.0 Å². The molecule has 1 amide bonds. The molecule has 0 aliphatic carbocycles. The highest BCUT2D eigenvalue weighted by Gasteiger charge is 2.16. The second-order valence-corrected chi connectivity index (χ2v) is 8.38. The predicted octanol–water partition coefficient (Wildman–Crippen LogP) is 4.20. The van der Waals surface area contributed by atoms with Crippen molar-refractivity contribution in [2.75, 3.05) is 24.2 Å². The first-order valence-electron chi connectivity index (χ1n) is 10.0. The summed E-state index contributed by atoms with van der Waals surface area (Å²) in [6.07, 6.45) is 3.66. The number of thioether (sulfide) groups is 1. The molecule has 3 aromatic rings. The second-order valence-electron chi connectivity index (χ2n) is 7.05. The molecule has 0 aliphatic rings. The molecule has 0 radical (unpaired) electrons. The summed E-state index contributed by atoms with van der Waals surface area (Å²) in [4.78, 5) is 29.4. The van der Waals surface area contributed by atoms with Crippen molar-refractivity contribution in [3.63, 3.8) is 0 Å². The molecule has 32 heavy (non-hydrogen) atoms. The smallest absolute Gasteiger partial charge is 0.233 e. The maximum Gasteiger partial charge on any atom is 0.233 e. The van der Waals surface area contributed by atoms with Crippen molar-refractivity contribution in [2.45, 2.75) is 24.7 Å². The Kier molecular flexibility index (Phi) is 8.84. The summed E-state index contributed by atoms with van der Waals surface area (Å²) in [5, 5.41) is 9.70. The Balaban J connectivity index is 1.65. The van der Waals surface area contributed by atoms with Gasteiger partial charge in [-0.2, -0.15) is 5.26 Å². The highest BCUT2D eigenvalue weighted by molar-refractivity contribution is 7.99. The molecule has 164 valence electrons. The van der Waals surface area contributed by atoms with Crippen LogP contribution in [0.2, 0.25) is 5.15 Å². The largest absolute Gasteiger partial charge is 0.355 e. The fraction of sp³-hybridized carbons (Fsp3) is 0.261. The van der Waals surface area contributed by atoms with Crippen LogP contribution in [0.4, 0.5) is 5.82 Å². The van der Waals surface area contributed by atoms with Crippen LogP contribution in [0, 0.1) is 11.3 Å². The summed E-state index contributed by atoms with van der Waals surface area (Å²) in [6.45, 7) is 1.42. The van der Waals surface area contributed by atoms with Crippen molar-refractivity contribution >= 4 is 35.1 Å². The Morgan fingerprint density at radius 3 is 2.62 bits per heavy atom. The number of pyridine rings is 1. The normalized spacial score (nSPS) is 10.4. The van der Waals surface area contributed by atoms with Gasteiger partial charge in [0.15, 0.2) is 5.16 Å². The minimum atomic E-state index is -0.100. The van der Waals surface area contributed by atoms with Gasteiger partial charge in [-0.15, -0.1) is 0 Å². The van der Waals surface area contributed by atoms with Crippen LogP contribution in [-0.2, 0) is 17.9 Å². The molecule has 0 unspecified atom stereocenters. The van der Waals surface area contributed by atoms with Crippen molar-refractivity contribution < 1.29 is 4.79 Å². The molecule has 0 bridgehead atoms. The van der Waals surface area contributed by atoms with Crippen LogP contribution in [0.3, 0.4) is 0 Å². The van der Waals surface area contributed by atoms with E-state index in [9.17, 15) is 4.79 Å². The topological polar surface area (TPSA) is 86.0 Å². The Hall–Kier alpha value is -3.15. The zero-order chi connectivity index (χ0) is 22.8. The third kappa shape index (κ3) is 7.22. The Bertz CT molecular complexity index is 1060. The van der Waals surface area contributed by atoms with E-state index in [2.05, 4.69) is 21.0 Å². The van der Waals surface area contributed by atoms with Gasteiger partial charge in [-0.25, -0.2) is 9.97 Å². The van der Waals surface area contributed by atoms with E-state index < -0.39 is 0 Å². The third-order valence-electron chi connectivity index (χ3n) is 4.58. The minimum Gasteiger partial charge on any atom is -0.355 e. The third-order valence-corrected chi connectivity index (χ3v) is 5.61. The molecule has 9 heteroatoms. The SMILES string of the molecule is CN(Cc1ccccc1)c1cc(Cl)nc(SCC(=O)N(CCC#N)Cc2cccnc2)n1. The average molecular weight is 467 g/mol. The van der Waals surface area contributed by atoms with E-state index in [1.54, 1.807) is 23.4 Å². The van der Waals surface area contributed by atoms with Crippen LogP contribution in [0.15, 0.2) is 66.1 Å². The summed E-state index contributed by atoms with van der Waals surface area (Å²) in [5.41, 5.74) is 2.06. The van der Waals surface area contributed by atoms with Gasteiger partial charge < -0.3 is 9.80 Å². The van der Waals surface area contributed by atoms with Crippen LogP contribution in [0.1, 0.15) is 17.5 Å². The molecule has 0 aliphatic heterocycles. The summed E-state index contributed by atoms with van der Waals surface area (Å²) >= 11 is 7.45. The van der Waals surface area contributed by atoms with E-state index in [4.69, 9.17) is 16.9 Å². The molecule has 3 rings (SSSR count). The average Bonchev–Trinajstić information content (AvgIpc) is 2.81. The monoisotopic (exact) mass is 466 g/mol. The molecular formula is C23H23ClN6OS. The van der Waals surface area contributed by atoms with Gasteiger partial charge >= 0.3 is 0 Å². The van der Waals surface area contributed by atoms with Gasteiger partial charge in [-0.1, -0.05) is 59.8 Å². The number of rotatable bonds is 10. The number of carbonyl (C=O) groups is 1. The zero-order valence-electron chi connectivity index (χ0n) is 17.7. The lowest BCUT2D eigenvalue weighted by molar-refractivity contribution is -0.128. The molecule has 2 aromatic heterocycles. The summed E-state index contributed by atoms with van der Waals surface area (Å²) < 4.78 is 0. The number of halogens is 1. The van der Waals surface area contributed by atoms with Crippen LogP contribution in [-0.4, -0.2) is 45.1 Å². The number of nitriles is 1. The number of carbonyl (C=O) groups excluding carboxylic acids is 1. The number of hydrogen-bond acceptors (Lipinski definition) is 7. The number of amides is 1. The zero-order valence-corrected chi connectivity index (χ0v) is 19.3. The molecule has 0 N–H and O–H groups in total. The van der Waals surface area contributed by atoms with E-state index >= 15 is 0 Å². The number of hydrogen-bond donors (Lipinski definition) is 0. The number of anilines is 1. The van der Waals surface area contributed by atoms with Crippen molar-refractivity contribution in [2.24, 2.45) is 0 Å². The maximum absolute atomic E-state index is 12.8. The highest BCUT2D eigenvalue weighted by Crippen LogP contribution is 2.23. The lowest BCUT2D eigenvalue weighted by atomic mass is 10.2. The first-order chi connectivity index (χ1) is 15.5. The fourth-order valence-corrected chi connectivity index (χ4v) is 3.97. The molecule has 7 nitrogen and oxygen atoms in total. The van der Waals surface area contributed by atoms with Crippen LogP contribution < -0.4 is 4.90 Å².